The van der Waals surface area contributed by atoms with Crippen molar-refractivity contribution in [2.24, 2.45) is 0 Å². The number of pyridine rings is 1. The standard InChI is InChI=1S/C15H15IN4/c16-10-3-4-13-12(6-10)15-14(8-18-13)19-9-20(15)11-2-1-5-17-7-11/h3-4,6,8-9,11,17H,1-2,5,7H2/t11-/m0/s1. The van der Waals surface area contributed by atoms with Gasteiger partial charge in [-0.1, -0.05) is 0 Å². The van der Waals surface area contributed by atoms with E-state index in [1.54, 1.807) is 0 Å². The fourth-order valence-corrected chi connectivity index (χ4v) is 3.53. The SMILES string of the molecule is Ic1ccc2ncc3ncn([C@H]4CCCNC4)c3c2c1. The lowest BCUT2D eigenvalue weighted by Gasteiger charge is -2.24. The van der Waals surface area contributed by atoms with Crippen molar-refractivity contribution >= 4 is 44.5 Å². The van der Waals surface area contributed by atoms with E-state index in [1.165, 1.54) is 27.3 Å². The first-order valence-electron chi connectivity index (χ1n) is 6.94. The molecule has 1 saturated heterocycles. The molecule has 0 spiro atoms. The predicted octanol–water partition coefficient (Wildman–Crippen LogP) is 3.11. The largest absolute Gasteiger partial charge is 0.326 e. The molecule has 20 heavy (non-hydrogen) atoms. The average molecular weight is 378 g/mol. The van der Waals surface area contributed by atoms with E-state index in [2.05, 4.69) is 60.6 Å². The quantitative estimate of drug-likeness (QED) is 0.662. The zero-order valence-electron chi connectivity index (χ0n) is 11.0. The lowest BCUT2D eigenvalue weighted by molar-refractivity contribution is 0.378. The van der Waals surface area contributed by atoms with Gasteiger partial charge in [-0.2, -0.15) is 0 Å². The second-order valence-electron chi connectivity index (χ2n) is 5.31. The van der Waals surface area contributed by atoms with Gasteiger partial charge in [-0.3, -0.25) is 4.98 Å². The highest BCUT2D eigenvalue weighted by Crippen LogP contribution is 2.28. The Balaban J connectivity index is 1.99. The van der Waals surface area contributed by atoms with Crippen LogP contribution in [0.1, 0.15) is 18.9 Å². The Morgan fingerprint density at radius 2 is 2.20 bits per heavy atom. The summed E-state index contributed by atoms with van der Waals surface area (Å²) >= 11 is 2.36. The summed E-state index contributed by atoms with van der Waals surface area (Å²) in [5.74, 6) is 0. The monoisotopic (exact) mass is 378 g/mol. The first-order valence-corrected chi connectivity index (χ1v) is 8.02. The number of fused-ring (bicyclic) bond motifs is 3. The molecule has 3 heterocycles. The highest BCUT2D eigenvalue weighted by atomic mass is 127. The molecular weight excluding hydrogens is 363 g/mol. The molecule has 0 radical (unpaired) electrons. The molecule has 102 valence electrons. The molecule has 4 nitrogen and oxygen atoms in total. The molecule has 1 atom stereocenters. The van der Waals surface area contributed by atoms with Crippen LogP contribution in [0, 0.1) is 3.57 Å². The fourth-order valence-electron chi connectivity index (χ4n) is 3.04. The molecule has 1 aliphatic rings. The minimum atomic E-state index is 0.497. The zero-order chi connectivity index (χ0) is 13.5. The molecule has 0 amide bonds. The lowest BCUT2D eigenvalue weighted by Crippen LogP contribution is -2.31. The van der Waals surface area contributed by atoms with Crippen LogP contribution in [0.5, 0.6) is 0 Å². The Morgan fingerprint density at radius 1 is 1.25 bits per heavy atom. The number of hydrogen-bond acceptors (Lipinski definition) is 3. The van der Waals surface area contributed by atoms with Crippen LogP contribution < -0.4 is 5.32 Å². The van der Waals surface area contributed by atoms with Gasteiger partial charge >= 0.3 is 0 Å². The van der Waals surface area contributed by atoms with Gasteiger partial charge < -0.3 is 9.88 Å². The zero-order valence-corrected chi connectivity index (χ0v) is 13.2. The third-order valence-electron chi connectivity index (χ3n) is 4.03. The second kappa shape index (κ2) is 4.96. The van der Waals surface area contributed by atoms with Crippen molar-refractivity contribution in [2.75, 3.05) is 13.1 Å². The number of halogens is 1. The highest BCUT2D eigenvalue weighted by molar-refractivity contribution is 14.1. The van der Waals surface area contributed by atoms with Crippen LogP contribution >= 0.6 is 22.6 Å². The molecule has 1 fully saturated rings. The Labute approximate surface area is 130 Å². The number of nitrogens with one attached hydrogen (secondary N) is 1. The molecule has 3 aromatic rings. The molecule has 5 heteroatoms. The van der Waals surface area contributed by atoms with E-state index in [-0.39, 0.29) is 0 Å². The molecule has 0 unspecified atom stereocenters. The van der Waals surface area contributed by atoms with Crippen LogP contribution in [0.2, 0.25) is 0 Å². The van der Waals surface area contributed by atoms with Crippen LogP contribution in [0.15, 0.2) is 30.7 Å². The molecule has 0 aliphatic carbocycles. The van der Waals surface area contributed by atoms with E-state index in [0.29, 0.717) is 6.04 Å². The Hall–Kier alpha value is -1.21. The third-order valence-corrected chi connectivity index (χ3v) is 4.70. The van der Waals surface area contributed by atoms with Crippen molar-refractivity contribution in [1.82, 2.24) is 19.9 Å². The van der Waals surface area contributed by atoms with Gasteiger partial charge in [0.1, 0.15) is 5.52 Å². The summed E-state index contributed by atoms with van der Waals surface area (Å²) in [6.45, 7) is 2.16. The van der Waals surface area contributed by atoms with Gasteiger partial charge in [0.15, 0.2) is 0 Å². The van der Waals surface area contributed by atoms with Crippen LogP contribution in [0.25, 0.3) is 21.9 Å². The Morgan fingerprint density at radius 3 is 3.05 bits per heavy atom. The van der Waals surface area contributed by atoms with E-state index in [0.717, 1.165) is 24.1 Å². The topological polar surface area (TPSA) is 42.7 Å². The Kier molecular flexibility index (Phi) is 3.11. The number of nitrogens with zero attached hydrogens (tertiary/aromatic N) is 3. The van der Waals surface area contributed by atoms with Crippen LogP contribution in [0.4, 0.5) is 0 Å². The van der Waals surface area contributed by atoms with E-state index in [4.69, 9.17) is 0 Å². The van der Waals surface area contributed by atoms with Gasteiger partial charge in [-0.15, -0.1) is 0 Å². The number of aromatic nitrogens is 3. The molecule has 1 aliphatic heterocycles. The van der Waals surface area contributed by atoms with Crippen molar-refractivity contribution in [3.05, 3.63) is 34.3 Å². The van der Waals surface area contributed by atoms with Crippen molar-refractivity contribution in [1.29, 1.82) is 0 Å². The van der Waals surface area contributed by atoms with E-state index in [9.17, 15) is 0 Å². The molecule has 0 saturated carbocycles. The van der Waals surface area contributed by atoms with E-state index < -0.39 is 0 Å². The van der Waals surface area contributed by atoms with Gasteiger partial charge in [0, 0.05) is 21.5 Å². The summed E-state index contributed by atoms with van der Waals surface area (Å²) in [5, 5.41) is 4.69. The summed E-state index contributed by atoms with van der Waals surface area (Å²) in [6, 6.07) is 6.90. The van der Waals surface area contributed by atoms with E-state index >= 15 is 0 Å². The molecule has 1 N–H and O–H groups in total. The summed E-state index contributed by atoms with van der Waals surface area (Å²) in [6.07, 6.45) is 6.30. The van der Waals surface area contributed by atoms with Crippen molar-refractivity contribution in [2.45, 2.75) is 18.9 Å². The van der Waals surface area contributed by atoms with Crippen molar-refractivity contribution < 1.29 is 0 Å². The minimum Gasteiger partial charge on any atom is -0.326 e. The van der Waals surface area contributed by atoms with Gasteiger partial charge in [0.05, 0.1) is 23.6 Å². The summed E-state index contributed by atoms with van der Waals surface area (Å²) in [5.41, 5.74) is 3.26. The maximum absolute atomic E-state index is 4.54. The molecule has 0 bridgehead atoms. The number of rotatable bonds is 1. The Bertz CT molecular complexity index is 774. The molecule has 1 aromatic carbocycles. The molecular formula is C15H15IN4. The number of imidazole rings is 1. The van der Waals surface area contributed by atoms with Crippen LogP contribution in [-0.2, 0) is 0 Å². The van der Waals surface area contributed by atoms with Gasteiger partial charge in [0.25, 0.3) is 0 Å². The predicted molar refractivity (Wildman–Crippen MR) is 88.9 cm³/mol. The van der Waals surface area contributed by atoms with Crippen LogP contribution in [0.3, 0.4) is 0 Å². The van der Waals surface area contributed by atoms with E-state index in [1.807, 2.05) is 12.5 Å². The second-order valence-corrected chi connectivity index (χ2v) is 6.55. The maximum Gasteiger partial charge on any atom is 0.107 e. The van der Waals surface area contributed by atoms with Gasteiger partial charge in [-0.25, -0.2) is 4.98 Å². The highest BCUT2D eigenvalue weighted by Gasteiger charge is 2.18. The van der Waals surface area contributed by atoms with Crippen LogP contribution in [-0.4, -0.2) is 27.6 Å². The van der Waals surface area contributed by atoms with Crippen molar-refractivity contribution in [3.63, 3.8) is 0 Å². The summed E-state index contributed by atoms with van der Waals surface area (Å²) < 4.78 is 3.57. The summed E-state index contributed by atoms with van der Waals surface area (Å²) in [7, 11) is 0. The lowest BCUT2D eigenvalue weighted by atomic mass is 10.1. The average Bonchev–Trinajstić information content (AvgIpc) is 2.92. The molecule has 2 aromatic heterocycles. The number of piperidine rings is 1. The fraction of sp³-hybridized carbons (Fsp3) is 0.333. The van der Waals surface area contributed by atoms with Gasteiger partial charge in [-0.05, 0) is 60.2 Å². The number of benzene rings is 1. The van der Waals surface area contributed by atoms with Crippen molar-refractivity contribution in [3.8, 4) is 0 Å². The smallest absolute Gasteiger partial charge is 0.107 e. The molecule has 4 rings (SSSR count). The normalized spacial score (nSPS) is 19.8. The first-order chi connectivity index (χ1) is 9.83. The third kappa shape index (κ3) is 2.00. The first kappa shape index (κ1) is 12.5. The summed E-state index contributed by atoms with van der Waals surface area (Å²) in [4.78, 5) is 9.06. The maximum atomic E-state index is 4.54. The minimum absolute atomic E-state index is 0.497. The number of hydrogen-bond donors (Lipinski definition) is 1. The van der Waals surface area contributed by atoms with Gasteiger partial charge in [0.2, 0.25) is 0 Å².